The first-order valence-corrected chi connectivity index (χ1v) is 16.0. The lowest BCUT2D eigenvalue weighted by Crippen LogP contribution is -2.21. The maximum Gasteiger partial charge on any atom is 0.119 e. The molecule has 1 aromatic rings. The Hall–Kier alpha value is -0.763. The van der Waals surface area contributed by atoms with Crippen molar-refractivity contribution in [2.24, 2.45) is 11.8 Å². The number of rotatable bonds is 12. The molecule has 0 spiro atoms. The number of hydrogen-bond acceptors (Lipinski definition) is 1. The van der Waals surface area contributed by atoms with E-state index in [0.29, 0.717) is 0 Å². The van der Waals surface area contributed by atoms with E-state index in [0.717, 1.165) is 30.1 Å². The molecule has 0 radical (unpaired) electrons. The van der Waals surface area contributed by atoms with Crippen LogP contribution in [0.3, 0.4) is 0 Å². The van der Waals surface area contributed by atoms with E-state index >= 15 is 0 Å². The highest BCUT2D eigenvalue weighted by atomic mass is 28.3. The maximum absolute atomic E-state index is 5.59. The molecule has 2 fully saturated rings. The van der Waals surface area contributed by atoms with Crippen LogP contribution in [0.5, 0.6) is 5.75 Å². The van der Waals surface area contributed by atoms with Crippen molar-refractivity contribution in [3.05, 3.63) is 29.8 Å². The topological polar surface area (TPSA) is 9.23 Å². The van der Waals surface area contributed by atoms with Gasteiger partial charge in [-0.2, -0.15) is 0 Å². The monoisotopic (exact) mass is 428 g/mol. The van der Waals surface area contributed by atoms with Crippen molar-refractivity contribution >= 4 is 8.80 Å². The summed E-state index contributed by atoms with van der Waals surface area (Å²) in [5, 5.41) is 0. The van der Waals surface area contributed by atoms with Gasteiger partial charge in [0.15, 0.2) is 0 Å². The number of ether oxygens (including phenoxy) is 1. The van der Waals surface area contributed by atoms with Crippen LogP contribution in [0.4, 0.5) is 0 Å². The van der Waals surface area contributed by atoms with Crippen molar-refractivity contribution in [1.29, 1.82) is 0 Å². The van der Waals surface area contributed by atoms with E-state index in [2.05, 4.69) is 38.1 Å². The molecular formula is C28H48OSi. The highest BCUT2D eigenvalue weighted by Crippen LogP contribution is 2.38. The van der Waals surface area contributed by atoms with Crippen molar-refractivity contribution in [2.45, 2.75) is 121 Å². The van der Waals surface area contributed by atoms with Gasteiger partial charge >= 0.3 is 0 Å². The van der Waals surface area contributed by atoms with Crippen LogP contribution in [-0.4, -0.2) is 15.4 Å². The first-order valence-electron chi connectivity index (χ1n) is 13.5. The Morgan fingerprint density at radius 1 is 0.767 bits per heavy atom. The summed E-state index contributed by atoms with van der Waals surface area (Å²) in [6.07, 6.45) is 19.3. The molecule has 30 heavy (non-hydrogen) atoms. The van der Waals surface area contributed by atoms with E-state index in [-0.39, 0.29) is 8.80 Å². The summed E-state index contributed by atoms with van der Waals surface area (Å²) < 4.78 is 5.59. The van der Waals surface area contributed by atoms with Crippen LogP contribution in [0.25, 0.3) is 0 Å². The molecule has 1 aromatic carbocycles. The van der Waals surface area contributed by atoms with E-state index in [4.69, 9.17) is 4.74 Å². The van der Waals surface area contributed by atoms with Gasteiger partial charge in [0.05, 0.1) is 6.61 Å². The summed E-state index contributed by atoms with van der Waals surface area (Å²) in [4.78, 5) is 0. The highest BCUT2D eigenvalue weighted by Gasteiger charge is 2.23. The molecule has 0 amide bonds. The van der Waals surface area contributed by atoms with Gasteiger partial charge in [0.1, 0.15) is 5.75 Å². The minimum Gasteiger partial charge on any atom is -0.494 e. The zero-order chi connectivity index (χ0) is 21.0. The van der Waals surface area contributed by atoms with Gasteiger partial charge in [-0.15, -0.1) is 0 Å². The van der Waals surface area contributed by atoms with Crippen molar-refractivity contribution in [3.8, 4) is 5.75 Å². The largest absolute Gasteiger partial charge is 0.494 e. The van der Waals surface area contributed by atoms with Crippen LogP contribution >= 0.6 is 0 Å². The van der Waals surface area contributed by atoms with Gasteiger partial charge in [0, 0.05) is 8.80 Å². The van der Waals surface area contributed by atoms with Gasteiger partial charge in [0.2, 0.25) is 0 Å². The normalized spacial score (nSPS) is 27.1. The quantitative estimate of drug-likeness (QED) is 0.239. The van der Waals surface area contributed by atoms with Gasteiger partial charge in [-0.05, 0) is 68.1 Å². The van der Waals surface area contributed by atoms with E-state index in [1.165, 1.54) is 69.8 Å². The summed E-state index contributed by atoms with van der Waals surface area (Å²) >= 11 is 0. The van der Waals surface area contributed by atoms with Crippen molar-refractivity contribution in [1.82, 2.24) is 0 Å². The second-order valence-electron chi connectivity index (χ2n) is 10.4. The molecule has 2 aliphatic rings. The average Bonchev–Trinajstić information content (AvgIpc) is 2.79. The molecule has 0 unspecified atom stereocenters. The minimum atomic E-state index is -0.307. The Morgan fingerprint density at radius 3 is 2.00 bits per heavy atom. The van der Waals surface area contributed by atoms with E-state index < -0.39 is 0 Å². The molecule has 1 nitrogen and oxygen atoms in total. The molecule has 0 N–H and O–H groups in total. The fourth-order valence-electron chi connectivity index (χ4n) is 6.15. The summed E-state index contributed by atoms with van der Waals surface area (Å²) in [7, 11) is -0.307. The van der Waals surface area contributed by atoms with Crippen LogP contribution < -0.4 is 4.74 Å². The lowest BCUT2D eigenvalue weighted by atomic mass is 9.77. The molecule has 0 atom stereocenters. The lowest BCUT2D eigenvalue weighted by molar-refractivity contribution is 0.297. The van der Waals surface area contributed by atoms with Crippen LogP contribution in [-0.2, 0) is 0 Å². The Bertz CT molecular complexity index is 553. The molecule has 1 saturated carbocycles. The first-order chi connectivity index (χ1) is 14.8. The summed E-state index contributed by atoms with van der Waals surface area (Å²) in [5.74, 6) is 3.90. The molecule has 170 valence electrons. The third kappa shape index (κ3) is 8.06. The minimum absolute atomic E-state index is 0.307. The van der Waals surface area contributed by atoms with Gasteiger partial charge in [-0.25, -0.2) is 0 Å². The second-order valence-corrected chi connectivity index (χ2v) is 13.9. The molecule has 1 aliphatic carbocycles. The fraction of sp³-hybridized carbons (Fsp3) is 0.786. The molecule has 0 aromatic heterocycles. The Balaban J connectivity index is 1.23. The number of unbranched alkanes of at least 4 members (excludes halogenated alkanes) is 3. The molecule has 3 rings (SSSR count). The third-order valence-corrected chi connectivity index (χ3v) is 11.7. The Morgan fingerprint density at radius 2 is 1.40 bits per heavy atom. The third-order valence-electron chi connectivity index (χ3n) is 8.17. The van der Waals surface area contributed by atoms with Crippen LogP contribution in [0, 0.1) is 11.8 Å². The molecule has 1 aliphatic heterocycles. The average molecular weight is 429 g/mol. The SMILES string of the molecule is CCCCC[Si@H]1CC[C@H](CCCC[C@H]2CC[C@H](c3ccc(OCC)cc3)CC2)CC1. The number of hydrogen-bond donors (Lipinski definition) is 0. The molecule has 0 bridgehead atoms. The highest BCUT2D eigenvalue weighted by molar-refractivity contribution is 6.58. The first kappa shape index (κ1) is 23.9. The fourth-order valence-corrected chi connectivity index (χ4v) is 9.76. The Kier molecular flexibility index (Phi) is 10.8. The van der Waals surface area contributed by atoms with Crippen LogP contribution in [0.1, 0.15) is 109 Å². The van der Waals surface area contributed by atoms with Crippen LogP contribution in [0.15, 0.2) is 24.3 Å². The summed E-state index contributed by atoms with van der Waals surface area (Å²) in [6, 6.07) is 13.9. The van der Waals surface area contributed by atoms with Crippen LogP contribution in [0.2, 0.25) is 18.1 Å². The van der Waals surface area contributed by atoms with Gasteiger partial charge < -0.3 is 4.74 Å². The zero-order valence-corrected chi connectivity index (χ0v) is 21.2. The Labute approximate surface area is 189 Å². The zero-order valence-electron chi connectivity index (χ0n) is 20.0. The molecule has 1 heterocycles. The van der Waals surface area contributed by atoms with Crippen molar-refractivity contribution in [2.75, 3.05) is 6.61 Å². The van der Waals surface area contributed by atoms with Crippen molar-refractivity contribution < 1.29 is 4.74 Å². The molecule has 2 heteroatoms. The molecule has 1 saturated heterocycles. The van der Waals surface area contributed by atoms with E-state index in [9.17, 15) is 0 Å². The summed E-state index contributed by atoms with van der Waals surface area (Å²) in [6.45, 7) is 5.15. The standard InChI is InChI=1S/C28H48OSi/c1-3-5-8-21-30-22-19-25(20-23-30)10-7-6-9-24-11-13-26(14-12-24)27-15-17-28(18-16-27)29-4-2/h15-18,24-26,30H,3-14,19-23H2,1-2H3/t24-,25-,26-,30-. The van der Waals surface area contributed by atoms with Gasteiger partial charge in [-0.3, -0.25) is 0 Å². The van der Waals surface area contributed by atoms with Gasteiger partial charge in [-0.1, -0.05) is 95.0 Å². The van der Waals surface area contributed by atoms with Gasteiger partial charge in [0.25, 0.3) is 0 Å². The maximum atomic E-state index is 5.59. The van der Waals surface area contributed by atoms with Crippen molar-refractivity contribution in [3.63, 3.8) is 0 Å². The van der Waals surface area contributed by atoms with E-state index in [1.54, 1.807) is 37.4 Å². The predicted molar refractivity (Wildman–Crippen MR) is 135 cm³/mol. The predicted octanol–water partition coefficient (Wildman–Crippen LogP) is 8.75. The smallest absolute Gasteiger partial charge is 0.119 e. The second kappa shape index (κ2) is 13.6. The number of benzene rings is 1. The lowest BCUT2D eigenvalue weighted by Gasteiger charge is -2.30. The molecular weight excluding hydrogens is 380 g/mol. The van der Waals surface area contributed by atoms with E-state index in [1.807, 2.05) is 0 Å². The summed E-state index contributed by atoms with van der Waals surface area (Å²) in [5.41, 5.74) is 1.53.